The molecule has 0 unspecified atom stereocenters. The van der Waals surface area contributed by atoms with E-state index in [2.05, 4.69) is 20.6 Å². The topological polar surface area (TPSA) is 66.9 Å². The Hall–Kier alpha value is -3.28. The minimum atomic E-state index is -0.283. The average molecular weight is 404 g/mol. The molecule has 4 rings (SSSR count). The van der Waals surface area contributed by atoms with Gasteiger partial charge in [-0.25, -0.2) is 14.4 Å². The second-order valence-electron chi connectivity index (χ2n) is 7.66. The normalized spacial score (nSPS) is 14.7. The van der Waals surface area contributed by atoms with Gasteiger partial charge in [-0.3, -0.25) is 4.79 Å². The summed E-state index contributed by atoms with van der Waals surface area (Å²) in [6.45, 7) is 0. The summed E-state index contributed by atoms with van der Waals surface area (Å²) in [5, 5.41) is 6.39. The fourth-order valence-corrected chi connectivity index (χ4v) is 3.75. The summed E-state index contributed by atoms with van der Waals surface area (Å²) in [4.78, 5) is 21.0. The maximum absolute atomic E-state index is 13.1. The quantitative estimate of drug-likeness (QED) is 0.553. The zero-order valence-corrected chi connectivity index (χ0v) is 16.8. The highest BCUT2D eigenvalue weighted by Gasteiger charge is 2.15. The smallest absolute Gasteiger partial charge is 0.251 e. The van der Waals surface area contributed by atoms with Crippen LogP contribution in [-0.2, 0) is 0 Å². The SMILES string of the molecule is O=C(NC1CCCCCC1)c1ccc(Nc2cc(-c3ccc(F)cc3)ncn2)cc1. The molecular formula is C24H25FN4O. The summed E-state index contributed by atoms with van der Waals surface area (Å²) in [7, 11) is 0. The Morgan fingerprint density at radius 2 is 1.60 bits per heavy atom. The van der Waals surface area contributed by atoms with E-state index in [4.69, 9.17) is 0 Å². The van der Waals surface area contributed by atoms with Crippen molar-refractivity contribution in [2.45, 2.75) is 44.6 Å². The Bertz CT molecular complexity index is 981. The van der Waals surface area contributed by atoms with E-state index in [9.17, 15) is 9.18 Å². The van der Waals surface area contributed by atoms with Gasteiger partial charge in [0.2, 0.25) is 0 Å². The van der Waals surface area contributed by atoms with Crippen LogP contribution >= 0.6 is 0 Å². The fraction of sp³-hybridized carbons (Fsp3) is 0.292. The van der Waals surface area contributed by atoms with Crippen molar-refractivity contribution in [2.75, 3.05) is 5.32 Å². The molecule has 1 heterocycles. The van der Waals surface area contributed by atoms with Crippen molar-refractivity contribution in [3.05, 3.63) is 72.3 Å². The number of hydrogen-bond donors (Lipinski definition) is 2. The van der Waals surface area contributed by atoms with Crippen LogP contribution in [0.4, 0.5) is 15.9 Å². The number of benzene rings is 2. The fourth-order valence-electron chi connectivity index (χ4n) is 3.75. The van der Waals surface area contributed by atoms with E-state index >= 15 is 0 Å². The minimum absolute atomic E-state index is 0.0194. The number of rotatable bonds is 5. The van der Waals surface area contributed by atoms with Crippen LogP contribution in [0.1, 0.15) is 48.9 Å². The van der Waals surface area contributed by atoms with E-state index in [1.165, 1.54) is 44.1 Å². The van der Waals surface area contributed by atoms with Crippen LogP contribution in [-0.4, -0.2) is 21.9 Å². The largest absolute Gasteiger partial charge is 0.349 e. The lowest BCUT2D eigenvalue weighted by atomic mass is 10.1. The maximum Gasteiger partial charge on any atom is 0.251 e. The van der Waals surface area contributed by atoms with Crippen LogP contribution in [0.3, 0.4) is 0 Å². The van der Waals surface area contributed by atoms with Crippen molar-refractivity contribution >= 4 is 17.4 Å². The van der Waals surface area contributed by atoms with Gasteiger partial charge >= 0.3 is 0 Å². The Morgan fingerprint density at radius 1 is 0.900 bits per heavy atom. The van der Waals surface area contributed by atoms with E-state index in [1.807, 2.05) is 24.3 Å². The summed E-state index contributed by atoms with van der Waals surface area (Å²) in [5.41, 5.74) is 2.99. The molecule has 1 aromatic heterocycles. The number of hydrogen-bond acceptors (Lipinski definition) is 4. The van der Waals surface area contributed by atoms with Crippen LogP contribution in [0.2, 0.25) is 0 Å². The van der Waals surface area contributed by atoms with Gasteiger partial charge in [0, 0.05) is 28.9 Å². The van der Waals surface area contributed by atoms with Gasteiger partial charge < -0.3 is 10.6 Å². The van der Waals surface area contributed by atoms with E-state index in [-0.39, 0.29) is 17.8 Å². The lowest BCUT2D eigenvalue weighted by molar-refractivity contribution is 0.0933. The Balaban J connectivity index is 1.40. The lowest BCUT2D eigenvalue weighted by Gasteiger charge is -2.16. The van der Waals surface area contributed by atoms with Crippen LogP contribution < -0.4 is 10.6 Å². The van der Waals surface area contributed by atoms with Gasteiger partial charge in [-0.2, -0.15) is 0 Å². The first kappa shape index (κ1) is 20.0. The molecule has 0 spiro atoms. The molecule has 5 nitrogen and oxygen atoms in total. The molecule has 0 atom stereocenters. The average Bonchev–Trinajstić information content (AvgIpc) is 3.04. The van der Waals surface area contributed by atoms with Crippen LogP contribution in [0.25, 0.3) is 11.3 Å². The zero-order chi connectivity index (χ0) is 20.8. The zero-order valence-electron chi connectivity index (χ0n) is 16.8. The Morgan fingerprint density at radius 3 is 2.30 bits per heavy atom. The number of carbonyl (C=O) groups excluding carboxylic acids is 1. The third kappa shape index (κ3) is 5.20. The summed E-state index contributed by atoms with van der Waals surface area (Å²) < 4.78 is 13.1. The predicted octanol–water partition coefficient (Wildman–Crippen LogP) is 5.48. The van der Waals surface area contributed by atoms with Crippen molar-refractivity contribution in [3.63, 3.8) is 0 Å². The monoisotopic (exact) mass is 404 g/mol. The first-order valence-electron chi connectivity index (χ1n) is 10.4. The molecule has 0 saturated heterocycles. The molecule has 2 aromatic carbocycles. The van der Waals surface area contributed by atoms with Crippen LogP contribution in [0, 0.1) is 5.82 Å². The number of amides is 1. The first-order chi connectivity index (χ1) is 14.7. The molecule has 0 bridgehead atoms. The molecule has 0 aliphatic heterocycles. The second kappa shape index (κ2) is 9.48. The van der Waals surface area contributed by atoms with Crippen LogP contribution in [0.5, 0.6) is 0 Å². The highest BCUT2D eigenvalue weighted by molar-refractivity contribution is 5.94. The molecular weight excluding hydrogens is 379 g/mol. The minimum Gasteiger partial charge on any atom is -0.349 e. The molecule has 1 fully saturated rings. The Kier molecular flexibility index (Phi) is 6.32. The van der Waals surface area contributed by atoms with E-state index in [0.29, 0.717) is 17.1 Å². The summed E-state index contributed by atoms with van der Waals surface area (Å²) in [6, 6.07) is 15.6. The van der Waals surface area contributed by atoms with E-state index in [0.717, 1.165) is 24.1 Å². The molecule has 2 N–H and O–H groups in total. The number of halogens is 1. The lowest BCUT2D eigenvalue weighted by Crippen LogP contribution is -2.34. The van der Waals surface area contributed by atoms with Crippen molar-refractivity contribution in [1.29, 1.82) is 0 Å². The highest BCUT2D eigenvalue weighted by Crippen LogP contribution is 2.22. The number of anilines is 2. The number of aromatic nitrogens is 2. The standard InChI is InChI=1S/C24H25FN4O/c25-19-11-7-17(8-12-19)22-15-23(27-16-26-22)28-21-13-9-18(10-14-21)24(30)29-20-5-3-1-2-4-6-20/h7-16,20H,1-6H2,(H,29,30)(H,26,27,28). The van der Waals surface area contributed by atoms with Gasteiger partial charge in [-0.1, -0.05) is 25.7 Å². The molecule has 1 aliphatic carbocycles. The summed E-state index contributed by atoms with van der Waals surface area (Å²) >= 11 is 0. The van der Waals surface area contributed by atoms with E-state index in [1.54, 1.807) is 18.2 Å². The van der Waals surface area contributed by atoms with Crippen molar-refractivity contribution in [3.8, 4) is 11.3 Å². The van der Waals surface area contributed by atoms with E-state index < -0.39 is 0 Å². The molecule has 154 valence electrons. The van der Waals surface area contributed by atoms with Crippen LogP contribution in [0.15, 0.2) is 60.9 Å². The first-order valence-corrected chi connectivity index (χ1v) is 10.4. The molecule has 6 heteroatoms. The Labute approximate surface area is 175 Å². The second-order valence-corrected chi connectivity index (χ2v) is 7.66. The van der Waals surface area contributed by atoms with Gasteiger partial charge in [0.15, 0.2) is 0 Å². The van der Waals surface area contributed by atoms with Gasteiger partial charge in [0.25, 0.3) is 5.91 Å². The van der Waals surface area contributed by atoms with Crippen molar-refractivity contribution in [1.82, 2.24) is 15.3 Å². The van der Waals surface area contributed by atoms with Crippen molar-refractivity contribution < 1.29 is 9.18 Å². The van der Waals surface area contributed by atoms with Gasteiger partial charge in [-0.15, -0.1) is 0 Å². The number of nitrogens with one attached hydrogen (secondary N) is 2. The molecule has 1 amide bonds. The van der Waals surface area contributed by atoms with Gasteiger partial charge in [0.05, 0.1) is 5.69 Å². The molecule has 30 heavy (non-hydrogen) atoms. The number of nitrogens with zero attached hydrogens (tertiary/aromatic N) is 2. The van der Waals surface area contributed by atoms with Gasteiger partial charge in [0.1, 0.15) is 18.0 Å². The molecule has 1 aliphatic rings. The molecule has 3 aromatic rings. The number of carbonyl (C=O) groups is 1. The van der Waals surface area contributed by atoms with Gasteiger partial charge in [-0.05, 0) is 61.4 Å². The third-order valence-corrected chi connectivity index (χ3v) is 5.42. The summed E-state index contributed by atoms with van der Waals surface area (Å²) in [5.74, 6) is 0.323. The third-order valence-electron chi connectivity index (χ3n) is 5.42. The molecule has 1 saturated carbocycles. The van der Waals surface area contributed by atoms with Crippen molar-refractivity contribution in [2.24, 2.45) is 0 Å². The predicted molar refractivity (Wildman–Crippen MR) is 116 cm³/mol. The maximum atomic E-state index is 13.1. The summed E-state index contributed by atoms with van der Waals surface area (Å²) in [6.07, 6.45) is 8.50. The molecule has 0 radical (unpaired) electrons. The highest BCUT2D eigenvalue weighted by atomic mass is 19.1.